The number of piperidine rings is 1. The van der Waals surface area contributed by atoms with Gasteiger partial charge in [0.25, 0.3) is 17.4 Å². The summed E-state index contributed by atoms with van der Waals surface area (Å²) in [4.78, 5) is 66.4. The second-order valence-corrected chi connectivity index (χ2v) is 12.9. The summed E-state index contributed by atoms with van der Waals surface area (Å²) < 4.78 is 13.8. The number of rotatable bonds is 8. The van der Waals surface area contributed by atoms with Crippen LogP contribution in [0, 0.1) is 34.5 Å². The van der Waals surface area contributed by atoms with E-state index in [2.05, 4.69) is 16.1 Å². The van der Waals surface area contributed by atoms with E-state index in [9.17, 15) is 28.4 Å². The van der Waals surface area contributed by atoms with Crippen molar-refractivity contribution in [3.05, 3.63) is 0 Å². The largest absolute Gasteiger partial charge is 0.356 e. The van der Waals surface area contributed by atoms with Gasteiger partial charge >= 0.3 is 0 Å². The predicted octanol–water partition coefficient (Wildman–Crippen LogP) is 1.58. The molecule has 5 amide bonds. The molecule has 3 rings (SSSR count). The smallest absolute Gasteiger partial charge is 0.291 e. The van der Waals surface area contributed by atoms with Crippen LogP contribution in [0.4, 0.5) is 4.39 Å². The van der Waals surface area contributed by atoms with Gasteiger partial charge in [-0.25, -0.2) is 9.40 Å². The number of amides is 5. The average molecular weight is 558 g/mol. The van der Waals surface area contributed by atoms with E-state index in [4.69, 9.17) is 11.6 Å². The highest BCUT2D eigenvalue weighted by molar-refractivity contribution is 6.29. The molecule has 38 heavy (non-hydrogen) atoms. The number of alkyl halides is 2. The van der Waals surface area contributed by atoms with Crippen LogP contribution < -0.4 is 16.1 Å². The molecule has 0 aromatic heterocycles. The molecule has 3 N–H and O–H groups in total. The molecule has 0 spiro atoms. The molecule has 2 saturated heterocycles. The van der Waals surface area contributed by atoms with E-state index < -0.39 is 40.9 Å². The number of likely N-dealkylation sites (tertiary alicyclic amines) is 1. The first kappa shape index (κ1) is 30.1. The molecular formula is C26H41ClFN5O5. The lowest BCUT2D eigenvalue weighted by Gasteiger charge is -2.36. The number of fused-ring (bicyclic) bond motifs is 1. The maximum atomic E-state index is 13.9. The monoisotopic (exact) mass is 557 g/mol. The van der Waals surface area contributed by atoms with Crippen molar-refractivity contribution in [2.45, 2.75) is 79.0 Å². The van der Waals surface area contributed by atoms with Gasteiger partial charge in [0.2, 0.25) is 17.7 Å². The Morgan fingerprint density at radius 3 is 2.39 bits per heavy atom. The van der Waals surface area contributed by atoms with Crippen LogP contribution in [-0.4, -0.2) is 76.8 Å². The molecule has 10 nitrogen and oxygen atoms in total. The molecule has 3 aliphatic rings. The minimum atomic E-state index is -2.41. The molecule has 0 aromatic rings. The highest BCUT2D eigenvalue weighted by Crippen LogP contribution is 2.65. The Balaban J connectivity index is 1.86. The average Bonchev–Trinajstić information content (AvgIpc) is 3.19. The molecule has 1 aliphatic carbocycles. The van der Waals surface area contributed by atoms with Gasteiger partial charge < -0.3 is 15.5 Å². The van der Waals surface area contributed by atoms with Gasteiger partial charge in [0.05, 0.1) is 12.5 Å². The van der Waals surface area contributed by atoms with Crippen molar-refractivity contribution >= 4 is 41.1 Å². The fourth-order valence-electron chi connectivity index (χ4n) is 5.58. The van der Waals surface area contributed by atoms with Crippen LogP contribution in [-0.2, 0) is 24.0 Å². The molecule has 2 heterocycles. The third kappa shape index (κ3) is 5.92. The van der Waals surface area contributed by atoms with Crippen LogP contribution in [0.3, 0.4) is 0 Å². The lowest BCUT2D eigenvalue weighted by Crippen LogP contribution is -2.61. The zero-order chi connectivity index (χ0) is 28.7. The Hall–Kier alpha value is -2.43. The van der Waals surface area contributed by atoms with E-state index in [-0.39, 0.29) is 47.4 Å². The Kier molecular flexibility index (Phi) is 8.70. The maximum absolute atomic E-state index is 13.9. The van der Waals surface area contributed by atoms with Gasteiger partial charge in [-0.05, 0) is 29.6 Å². The first-order valence-corrected chi connectivity index (χ1v) is 13.7. The van der Waals surface area contributed by atoms with E-state index >= 15 is 0 Å². The zero-order valence-electron chi connectivity index (χ0n) is 23.3. The van der Waals surface area contributed by atoms with Gasteiger partial charge in [-0.15, -0.1) is 0 Å². The number of carbonyl (C=O) groups is 5. The first-order chi connectivity index (χ1) is 17.5. The molecule has 0 bridgehead atoms. The third-order valence-corrected chi connectivity index (χ3v) is 8.66. The van der Waals surface area contributed by atoms with Crippen LogP contribution in [0.1, 0.15) is 61.3 Å². The van der Waals surface area contributed by atoms with Crippen LogP contribution >= 0.6 is 11.6 Å². The molecule has 1 saturated carbocycles. The predicted molar refractivity (Wildman–Crippen MR) is 139 cm³/mol. The maximum Gasteiger partial charge on any atom is 0.291 e. The molecule has 0 aromatic carbocycles. The van der Waals surface area contributed by atoms with Gasteiger partial charge in [-0.1, -0.05) is 66.5 Å². The number of hydrazine groups is 1. The first-order valence-electron chi connectivity index (χ1n) is 13.3. The van der Waals surface area contributed by atoms with Crippen molar-refractivity contribution in [1.82, 2.24) is 26.0 Å². The summed E-state index contributed by atoms with van der Waals surface area (Å²) in [5, 5.41) is 6.29. The SMILES string of the molecule is CCC(C)C(NC(=O)C(C)(C)C)C(=O)N1C[C@H]2[C@@H]([C@H]1C(=O)NN(C[C@@H]1CCNC1=O)C(=O)C(F)Cl)C2(C)C. The molecule has 2 aliphatic heterocycles. The van der Waals surface area contributed by atoms with E-state index in [0.29, 0.717) is 25.9 Å². The zero-order valence-corrected chi connectivity index (χ0v) is 24.0. The van der Waals surface area contributed by atoms with Crippen LogP contribution in [0.15, 0.2) is 0 Å². The summed E-state index contributed by atoms with van der Waals surface area (Å²) in [5.41, 5.74) is -0.861. The van der Waals surface area contributed by atoms with Gasteiger partial charge in [-0.3, -0.25) is 29.4 Å². The minimum Gasteiger partial charge on any atom is -0.356 e. The fraction of sp³-hybridized carbons (Fsp3) is 0.808. The summed E-state index contributed by atoms with van der Waals surface area (Å²) in [6.45, 7) is 13.6. The highest BCUT2D eigenvalue weighted by Gasteiger charge is 2.69. The third-order valence-electron chi connectivity index (χ3n) is 8.47. The Bertz CT molecular complexity index is 984. The second kappa shape index (κ2) is 11.0. The second-order valence-electron chi connectivity index (χ2n) is 12.5. The summed E-state index contributed by atoms with van der Waals surface area (Å²) in [6, 6.07) is -1.76. The van der Waals surface area contributed by atoms with Crippen molar-refractivity contribution in [1.29, 1.82) is 0 Å². The number of hydrogen-bond donors (Lipinski definition) is 3. The standard InChI is InChI=1S/C26H41ClFN5O5/c1-8-13(2)17(30-24(38)25(3,4)5)22(36)32-12-15-16(26(15,6)7)18(32)21(35)31-33(23(37)19(27)28)11-14-9-10-29-20(14)34/h13-19H,8-12H2,1-7H3,(H,29,34)(H,30,38)(H,31,35)/t13?,14-,15-,16-,17?,18-,19?/m0/s1. The summed E-state index contributed by atoms with van der Waals surface area (Å²) in [5.74, 6) is -3.69. The van der Waals surface area contributed by atoms with Crippen molar-refractivity contribution in [3.63, 3.8) is 0 Å². The van der Waals surface area contributed by atoms with E-state index in [1.807, 2.05) is 27.7 Å². The molecular weight excluding hydrogens is 517 g/mol. The topological polar surface area (TPSA) is 128 Å². The van der Waals surface area contributed by atoms with E-state index in [1.54, 1.807) is 20.8 Å². The van der Waals surface area contributed by atoms with Gasteiger partial charge in [0, 0.05) is 18.5 Å². The highest BCUT2D eigenvalue weighted by atomic mass is 35.5. The number of carbonyl (C=O) groups excluding carboxylic acids is 5. The van der Waals surface area contributed by atoms with Crippen molar-refractivity contribution in [3.8, 4) is 0 Å². The van der Waals surface area contributed by atoms with E-state index in [0.717, 1.165) is 5.01 Å². The summed E-state index contributed by atoms with van der Waals surface area (Å²) in [7, 11) is 0. The molecule has 3 unspecified atom stereocenters. The number of nitrogens with one attached hydrogen (secondary N) is 3. The fourth-order valence-corrected chi connectivity index (χ4v) is 5.70. The van der Waals surface area contributed by atoms with Gasteiger partial charge in [0.15, 0.2) is 0 Å². The molecule has 0 radical (unpaired) electrons. The van der Waals surface area contributed by atoms with Gasteiger partial charge in [0.1, 0.15) is 12.1 Å². The Morgan fingerprint density at radius 1 is 1.26 bits per heavy atom. The summed E-state index contributed by atoms with van der Waals surface area (Å²) >= 11 is 5.41. The van der Waals surface area contributed by atoms with Crippen LogP contribution in [0.25, 0.3) is 0 Å². The van der Waals surface area contributed by atoms with Crippen molar-refractivity contribution in [2.24, 2.45) is 34.5 Å². The number of nitrogens with zero attached hydrogens (tertiary/aromatic N) is 2. The van der Waals surface area contributed by atoms with Crippen LogP contribution in [0.2, 0.25) is 0 Å². The normalized spacial score (nSPS) is 28.0. The van der Waals surface area contributed by atoms with Crippen LogP contribution in [0.5, 0.6) is 0 Å². The van der Waals surface area contributed by atoms with Gasteiger partial charge in [-0.2, -0.15) is 0 Å². The summed E-state index contributed by atoms with van der Waals surface area (Å²) in [6.07, 6.45) is 1.05. The van der Waals surface area contributed by atoms with Crippen molar-refractivity contribution < 1.29 is 28.4 Å². The minimum absolute atomic E-state index is 0.0600. The van der Waals surface area contributed by atoms with E-state index in [1.165, 1.54) is 4.90 Å². The molecule has 3 fully saturated rings. The van der Waals surface area contributed by atoms with Crippen molar-refractivity contribution in [2.75, 3.05) is 19.6 Å². The molecule has 7 atom stereocenters. The quantitative estimate of drug-likeness (QED) is 0.308. The lowest BCUT2D eigenvalue weighted by atomic mass is 9.91. The lowest BCUT2D eigenvalue weighted by molar-refractivity contribution is -0.151. The molecule has 12 heteroatoms. The molecule has 214 valence electrons. The number of halogens is 2. The Morgan fingerprint density at radius 2 is 1.89 bits per heavy atom. The Labute approximate surface area is 228 Å². The number of hydrogen-bond acceptors (Lipinski definition) is 5.